The highest BCUT2D eigenvalue weighted by atomic mass is 32.1. The van der Waals surface area contributed by atoms with Crippen LogP contribution in [0.1, 0.15) is 12.8 Å². The molecule has 2 heterocycles. The minimum atomic E-state index is 0.748. The molecule has 20 heavy (non-hydrogen) atoms. The van der Waals surface area contributed by atoms with Crippen molar-refractivity contribution in [1.29, 1.82) is 0 Å². The number of hydrogen-bond acceptors (Lipinski definition) is 4. The van der Waals surface area contributed by atoms with Gasteiger partial charge in [-0.25, -0.2) is 4.98 Å². The Balaban J connectivity index is 1.58. The highest BCUT2D eigenvalue weighted by Crippen LogP contribution is 2.29. The molecule has 0 aliphatic carbocycles. The fraction of sp³-hybridized carbons (Fsp3) is 0.438. The Morgan fingerprint density at radius 1 is 1.35 bits per heavy atom. The molecule has 0 spiro atoms. The van der Waals surface area contributed by atoms with Crippen LogP contribution in [0.3, 0.4) is 0 Å². The molecule has 1 aliphatic heterocycles. The Labute approximate surface area is 124 Å². The van der Waals surface area contributed by atoms with Gasteiger partial charge in [-0.2, -0.15) is 0 Å². The zero-order valence-electron chi connectivity index (χ0n) is 11.9. The minimum Gasteiger partial charge on any atom is -0.361 e. The van der Waals surface area contributed by atoms with Crippen LogP contribution in [0.5, 0.6) is 0 Å². The number of nitrogens with zero attached hydrogens (tertiary/aromatic N) is 2. The van der Waals surface area contributed by atoms with Gasteiger partial charge in [-0.1, -0.05) is 41.7 Å². The molecule has 1 saturated heterocycles. The van der Waals surface area contributed by atoms with Gasteiger partial charge >= 0.3 is 0 Å². The highest BCUT2D eigenvalue weighted by molar-refractivity contribution is 7.18. The molecule has 1 unspecified atom stereocenters. The second-order valence-corrected chi connectivity index (χ2v) is 6.58. The van der Waals surface area contributed by atoms with Crippen LogP contribution in [-0.4, -0.2) is 36.6 Å². The summed E-state index contributed by atoms with van der Waals surface area (Å²) in [5.74, 6) is 0.748. The lowest BCUT2D eigenvalue weighted by molar-refractivity contribution is 0.217. The minimum absolute atomic E-state index is 0.748. The van der Waals surface area contributed by atoms with Crippen LogP contribution < -0.4 is 5.32 Å². The lowest BCUT2D eigenvalue weighted by Gasteiger charge is -2.29. The number of thiazole rings is 1. The molecule has 106 valence electrons. The van der Waals surface area contributed by atoms with Crippen molar-refractivity contribution in [2.75, 3.05) is 32.0 Å². The molecule has 3 nitrogen and oxygen atoms in total. The summed E-state index contributed by atoms with van der Waals surface area (Å²) in [4.78, 5) is 8.14. The Morgan fingerprint density at radius 2 is 2.20 bits per heavy atom. The lowest BCUT2D eigenvalue weighted by atomic mass is 9.99. The van der Waals surface area contributed by atoms with Crippen LogP contribution >= 0.6 is 11.3 Å². The van der Waals surface area contributed by atoms with Crippen LogP contribution in [0.2, 0.25) is 0 Å². The number of benzene rings is 1. The first-order chi connectivity index (χ1) is 9.81. The summed E-state index contributed by atoms with van der Waals surface area (Å²) in [5, 5.41) is 4.54. The summed E-state index contributed by atoms with van der Waals surface area (Å²) in [5.41, 5.74) is 1.25. The van der Waals surface area contributed by atoms with Gasteiger partial charge in [0.25, 0.3) is 0 Å². The van der Waals surface area contributed by atoms with Gasteiger partial charge in [0.05, 0.1) is 4.88 Å². The Bertz CT molecular complexity index is 538. The molecular formula is C16H21N3S. The number of likely N-dealkylation sites (tertiary alicyclic amines) is 1. The fourth-order valence-corrected chi connectivity index (χ4v) is 3.59. The van der Waals surface area contributed by atoms with Crippen molar-refractivity contribution in [3.63, 3.8) is 0 Å². The molecule has 0 saturated carbocycles. The summed E-state index contributed by atoms with van der Waals surface area (Å²) in [6.45, 7) is 3.47. The molecule has 4 heteroatoms. The first-order valence-electron chi connectivity index (χ1n) is 7.25. The molecular weight excluding hydrogens is 266 g/mol. The second-order valence-electron chi connectivity index (χ2n) is 5.55. The maximum Gasteiger partial charge on any atom is 0.183 e. The zero-order valence-corrected chi connectivity index (χ0v) is 12.7. The number of anilines is 1. The normalized spacial score (nSPS) is 19.9. The van der Waals surface area contributed by atoms with Crippen LogP contribution in [0.25, 0.3) is 10.4 Å². The average molecular weight is 287 g/mol. The van der Waals surface area contributed by atoms with Gasteiger partial charge in [-0.05, 0) is 37.9 Å². The van der Waals surface area contributed by atoms with Crippen LogP contribution in [0, 0.1) is 5.92 Å². The number of hydrogen-bond donors (Lipinski definition) is 1. The van der Waals surface area contributed by atoms with Crippen molar-refractivity contribution in [1.82, 2.24) is 9.88 Å². The quantitative estimate of drug-likeness (QED) is 0.932. The van der Waals surface area contributed by atoms with Crippen molar-refractivity contribution in [3.8, 4) is 10.4 Å². The monoisotopic (exact) mass is 287 g/mol. The molecule has 1 fully saturated rings. The molecule has 1 aliphatic rings. The van der Waals surface area contributed by atoms with Crippen molar-refractivity contribution in [2.24, 2.45) is 5.92 Å². The number of aromatic nitrogens is 1. The molecule has 1 atom stereocenters. The maximum absolute atomic E-state index is 4.49. The summed E-state index contributed by atoms with van der Waals surface area (Å²) >= 11 is 1.74. The van der Waals surface area contributed by atoms with E-state index in [1.807, 2.05) is 12.3 Å². The molecule has 1 N–H and O–H groups in total. The third-order valence-corrected chi connectivity index (χ3v) is 4.83. The van der Waals surface area contributed by atoms with Crippen molar-refractivity contribution < 1.29 is 0 Å². The third kappa shape index (κ3) is 3.38. The zero-order chi connectivity index (χ0) is 13.8. The van der Waals surface area contributed by atoms with Gasteiger partial charge in [0, 0.05) is 19.3 Å². The van der Waals surface area contributed by atoms with Crippen molar-refractivity contribution in [2.45, 2.75) is 12.8 Å². The van der Waals surface area contributed by atoms with Gasteiger partial charge < -0.3 is 10.2 Å². The van der Waals surface area contributed by atoms with E-state index in [9.17, 15) is 0 Å². The fourth-order valence-electron chi connectivity index (χ4n) is 2.76. The Kier molecular flexibility index (Phi) is 4.33. The predicted molar refractivity (Wildman–Crippen MR) is 86.3 cm³/mol. The SMILES string of the molecule is CN1CCCC(CNc2ncc(-c3ccccc3)s2)C1. The standard InChI is InChI=1S/C16H21N3S/c1-19-9-5-6-13(12-19)10-17-16-18-11-15(20-16)14-7-3-2-4-8-14/h2-4,7-8,11,13H,5-6,9-10,12H2,1H3,(H,17,18). The third-order valence-electron chi connectivity index (χ3n) is 3.83. The number of nitrogens with one attached hydrogen (secondary N) is 1. The van der Waals surface area contributed by atoms with E-state index in [2.05, 4.69) is 46.5 Å². The van der Waals surface area contributed by atoms with Crippen LogP contribution in [-0.2, 0) is 0 Å². The average Bonchev–Trinajstić information content (AvgIpc) is 2.95. The first-order valence-corrected chi connectivity index (χ1v) is 8.06. The van der Waals surface area contributed by atoms with E-state index in [0.29, 0.717) is 0 Å². The summed E-state index contributed by atoms with van der Waals surface area (Å²) < 4.78 is 0. The largest absolute Gasteiger partial charge is 0.361 e. The van der Waals surface area contributed by atoms with Gasteiger partial charge in [0.1, 0.15) is 0 Å². The molecule has 1 aromatic heterocycles. The van der Waals surface area contributed by atoms with Crippen molar-refractivity contribution in [3.05, 3.63) is 36.5 Å². The molecule has 3 rings (SSSR count). The summed E-state index contributed by atoms with van der Waals surface area (Å²) in [7, 11) is 2.21. The van der Waals surface area contributed by atoms with Crippen LogP contribution in [0.4, 0.5) is 5.13 Å². The smallest absolute Gasteiger partial charge is 0.183 e. The molecule has 1 aromatic carbocycles. The predicted octanol–water partition coefficient (Wildman–Crippen LogP) is 3.56. The van der Waals surface area contributed by atoms with E-state index in [-0.39, 0.29) is 0 Å². The van der Waals surface area contributed by atoms with E-state index in [1.165, 1.54) is 36.4 Å². The van der Waals surface area contributed by atoms with E-state index >= 15 is 0 Å². The second kappa shape index (κ2) is 6.37. The highest BCUT2D eigenvalue weighted by Gasteiger charge is 2.17. The summed E-state index contributed by atoms with van der Waals surface area (Å²) in [6, 6.07) is 10.4. The molecule has 0 amide bonds. The number of rotatable bonds is 4. The Morgan fingerprint density at radius 3 is 3.00 bits per heavy atom. The Hall–Kier alpha value is -1.39. The molecule has 0 radical (unpaired) electrons. The van der Waals surface area contributed by atoms with Gasteiger partial charge in [0.2, 0.25) is 0 Å². The van der Waals surface area contributed by atoms with E-state index in [1.54, 1.807) is 11.3 Å². The van der Waals surface area contributed by atoms with Crippen LogP contribution in [0.15, 0.2) is 36.5 Å². The van der Waals surface area contributed by atoms with Gasteiger partial charge in [0.15, 0.2) is 5.13 Å². The van der Waals surface area contributed by atoms with Gasteiger partial charge in [-0.3, -0.25) is 0 Å². The molecule has 2 aromatic rings. The topological polar surface area (TPSA) is 28.2 Å². The lowest BCUT2D eigenvalue weighted by Crippen LogP contribution is -2.35. The van der Waals surface area contributed by atoms with E-state index in [4.69, 9.17) is 0 Å². The van der Waals surface area contributed by atoms with E-state index in [0.717, 1.165) is 17.6 Å². The van der Waals surface area contributed by atoms with Gasteiger partial charge in [-0.15, -0.1) is 0 Å². The number of piperidine rings is 1. The first kappa shape index (κ1) is 13.6. The van der Waals surface area contributed by atoms with E-state index < -0.39 is 0 Å². The van der Waals surface area contributed by atoms with Crippen molar-refractivity contribution >= 4 is 16.5 Å². The summed E-state index contributed by atoms with van der Waals surface area (Å²) in [6.07, 6.45) is 4.61. The molecule has 0 bridgehead atoms. The maximum atomic E-state index is 4.49.